The van der Waals surface area contributed by atoms with Gasteiger partial charge >= 0.3 is 6.03 Å². The summed E-state index contributed by atoms with van der Waals surface area (Å²) in [5.74, 6) is -2.54. The highest BCUT2D eigenvalue weighted by Crippen LogP contribution is 2.44. The van der Waals surface area contributed by atoms with Crippen LogP contribution in [0.15, 0.2) is 4.52 Å². The average molecular weight is 544 g/mol. The summed E-state index contributed by atoms with van der Waals surface area (Å²) in [5, 5.41) is 6.71. The highest BCUT2D eigenvalue weighted by atomic mass is 19.3. The van der Waals surface area contributed by atoms with E-state index in [1.165, 1.54) is 0 Å². The minimum atomic E-state index is -3.07. The van der Waals surface area contributed by atoms with Gasteiger partial charge in [-0.05, 0) is 46.0 Å². The van der Waals surface area contributed by atoms with Crippen LogP contribution in [-0.2, 0) is 14.9 Å². The van der Waals surface area contributed by atoms with Gasteiger partial charge < -0.3 is 24.2 Å². The van der Waals surface area contributed by atoms with Gasteiger partial charge in [-0.3, -0.25) is 4.90 Å². The Bertz CT molecular complexity index is 986. The van der Waals surface area contributed by atoms with Gasteiger partial charge in [0.05, 0.1) is 24.2 Å². The van der Waals surface area contributed by atoms with E-state index >= 15 is 8.78 Å². The first-order valence-corrected chi connectivity index (χ1v) is 13.8. The number of amides is 2. The summed E-state index contributed by atoms with van der Waals surface area (Å²) in [6.45, 7) is 8.17. The van der Waals surface area contributed by atoms with Crippen LogP contribution in [0.25, 0.3) is 0 Å². The van der Waals surface area contributed by atoms with Gasteiger partial charge in [0.2, 0.25) is 5.89 Å². The maximum absolute atomic E-state index is 15.1. The van der Waals surface area contributed by atoms with E-state index in [0.29, 0.717) is 76.0 Å². The zero-order valence-electron chi connectivity index (χ0n) is 22.7. The van der Waals surface area contributed by atoms with Crippen LogP contribution in [0.5, 0.6) is 0 Å². The molecule has 1 aromatic rings. The van der Waals surface area contributed by atoms with Gasteiger partial charge in [-0.25, -0.2) is 18.0 Å². The molecule has 9 nitrogen and oxygen atoms in total. The van der Waals surface area contributed by atoms with E-state index in [1.807, 2.05) is 6.92 Å². The first-order chi connectivity index (χ1) is 18.0. The smallest absolute Gasteiger partial charge is 0.317 e. The van der Waals surface area contributed by atoms with Crippen molar-refractivity contribution < 1.29 is 32.0 Å². The van der Waals surface area contributed by atoms with Gasteiger partial charge in [-0.15, -0.1) is 0 Å². The molecule has 1 aromatic heterocycles. The number of halogens is 3. The van der Waals surface area contributed by atoms with E-state index in [-0.39, 0.29) is 24.5 Å². The normalized spacial score (nSPS) is 35.0. The largest absolute Gasteiger partial charge is 0.377 e. The first-order valence-electron chi connectivity index (χ1n) is 13.8. The molecule has 4 fully saturated rings. The number of hydrogen-bond donors (Lipinski definition) is 1. The number of ether oxygens (including phenoxy) is 2. The number of nitrogens with zero attached hydrogens (tertiary/aromatic N) is 4. The van der Waals surface area contributed by atoms with Crippen molar-refractivity contribution in [3.8, 4) is 0 Å². The van der Waals surface area contributed by atoms with Crippen LogP contribution >= 0.6 is 0 Å². The highest BCUT2D eigenvalue weighted by Gasteiger charge is 2.51. The fraction of sp³-hybridized carbons (Fsp3) is 0.885. The number of aromatic nitrogens is 2. The molecule has 2 aliphatic heterocycles. The number of methoxy groups -OCH3 is 1. The van der Waals surface area contributed by atoms with Crippen LogP contribution in [-0.4, -0.2) is 102 Å². The van der Waals surface area contributed by atoms with Crippen LogP contribution in [0.2, 0.25) is 0 Å². The molecule has 214 valence electrons. The van der Waals surface area contributed by atoms with Crippen molar-refractivity contribution in [3.63, 3.8) is 0 Å². The second-order valence-electron chi connectivity index (χ2n) is 12.0. The molecule has 2 amide bonds. The number of alkyl halides is 3. The van der Waals surface area contributed by atoms with Crippen molar-refractivity contribution in [1.82, 2.24) is 25.3 Å². The van der Waals surface area contributed by atoms with Crippen molar-refractivity contribution >= 4 is 6.03 Å². The Kier molecular flexibility index (Phi) is 7.69. The molecule has 0 spiro atoms. The van der Waals surface area contributed by atoms with E-state index in [1.54, 1.807) is 12.0 Å². The lowest BCUT2D eigenvalue weighted by atomic mass is 9.79. The molecule has 2 aliphatic carbocycles. The topological polar surface area (TPSA) is 93.0 Å². The Morgan fingerprint density at radius 3 is 2.47 bits per heavy atom. The molecule has 3 heterocycles. The highest BCUT2D eigenvalue weighted by molar-refractivity contribution is 5.75. The van der Waals surface area contributed by atoms with Crippen molar-refractivity contribution in [2.24, 2.45) is 0 Å². The Morgan fingerprint density at radius 2 is 1.84 bits per heavy atom. The molecule has 0 bridgehead atoms. The minimum Gasteiger partial charge on any atom is -0.377 e. The van der Waals surface area contributed by atoms with Crippen LogP contribution in [0.4, 0.5) is 18.0 Å². The Morgan fingerprint density at radius 1 is 1.16 bits per heavy atom. The van der Waals surface area contributed by atoms with Gasteiger partial charge in [0.15, 0.2) is 5.82 Å². The van der Waals surface area contributed by atoms with Crippen LogP contribution in [0, 0.1) is 0 Å². The summed E-state index contributed by atoms with van der Waals surface area (Å²) in [6, 6.07) is -1.63. The number of hydrogen-bond acceptors (Lipinski definition) is 7. The van der Waals surface area contributed by atoms with Crippen molar-refractivity contribution in [3.05, 3.63) is 11.7 Å². The number of likely N-dealkylation sites (tertiary alicyclic amines) is 2. The zero-order valence-corrected chi connectivity index (χ0v) is 22.7. The quantitative estimate of drug-likeness (QED) is 0.561. The molecule has 4 aliphatic rings. The standard InChI is InChI=1S/C26H40F3N5O4/c1-15(2)34-13-19(36-4)20(14-34)37-18-6-5-7-26(28,29)21(18)30-24(35)33-10-8-25(3,9-11-33)23-31-22(38-32-23)16-12-17(16)27/h15-21H,5-14H2,1-4H3,(H,30,35)/t16-,17+,18+,19-,20-,21-/m1/s1. The molecule has 5 rings (SSSR count). The van der Waals surface area contributed by atoms with Gasteiger partial charge in [0.1, 0.15) is 12.2 Å². The lowest BCUT2D eigenvalue weighted by Crippen LogP contribution is -2.61. The molecule has 1 N–H and O–H groups in total. The third-order valence-electron chi connectivity index (χ3n) is 8.90. The molecule has 0 radical (unpaired) electrons. The summed E-state index contributed by atoms with van der Waals surface area (Å²) >= 11 is 0. The predicted molar refractivity (Wildman–Crippen MR) is 132 cm³/mol. The van der Waals surface area contributed by atoms with Crippen molar-refractivity contribution in [2.45, 2.75) is 113 Å². The number of carbonyl (C=O) groups excluding carboxylic acids is 1. The Hall–Kier alpha value is -1.92. The number of urea groups is 1. The molecule has 6 atom stereocenters. The van der Waals surface area contributed by atoms with E-state index in [4.69, 9.17) is 14.0 Å². The summed E-state index contributed by atoms with van der Waals surface area (Å²) in [7, 11) is 1.61. The van der Waals surface area contributed by atoms with Crippen LogP contribution in [0.1, 0.15) is 76.9 Å². The second-order valence-corrected chi connectivity index (χ2v) is 12.0. The molecular formula is C26H40F3N5O4. The molecule has 0 unspecified atom stereocenters. The predicted octanol–water partition coefficient (Wildman–Crippen LogP) is 3.64. The second kappa shape index (κ2) is 10.6. The SMILES string of the molecule is CO[C@@H]1CN(C(C)C)C[C@H]1O[C@H]1CCCC(F)(F)[C@@H]1NC(=O)N1CCC(C)(c2noc([C@@H]3C[C@@H]3F)n2)CC1. The third kappa shape index (κ3) is 5.54. The molecule has 2 saturated heterocycles. The van der Waals surface area contributed by atoms with E-state index in [9.17, 15) is 9.18 Å². The lowest BCUT2D eigenvalue weighted by molar-refractivity contribution is -0.152. The van der Waals surface area contributed by atoms with E-state index < -0.39 is 35.7 Å². The molecule has 12 heteroatoms. The molecule has 38 heavy (non-hydrogen) atoms. The monoisotopic (exact) mass is 543 g/mol. The Labute approximate surface area is 221 Å². The van der Waals surface area contributed by atoms with Gasteiger partial charge in [0, 0.05) is 51.2 Å². The molecule has 2 saturated carbocycles. The number of piperidine rings is 1. The van der Waals surface area contributed by atoms with Gasteiger partial charge in [-0.2, -0.15) is 4.98 Å². The lowest BCUT2D eigenvalue weighted by Gasteiger charge is -2.42. The summed E-state index contributed by atoms with van der Waals surface area (Å²) < 4.78 is 60.8. The summed E-state index contributed by atoms with van der Waals surface area (Å²) in [5.41, 5.74) is -0.431. The summed E-state index contributed by atoms with van der Waals surface area (Å²) in [4.78, 5) is 21.4. The zero-order chi connectivity index (χ0) is 27.2. The Balaban J connectivity index is 1.20. The minimum absolute atomic E-state index is 0.203. The van der Waals surface area contributed by atoms with Gasteiger partial charge in [-0.1, -0.05) is 12.1 Å². The first kappa shape index (κ1) is 27.6. The number of nitrogens with one attached hydrogen (secondary N) is 1. The number of rotatable bonds is 7. The third-order valence-corrected chi connectivity index (χ3v) is 8.90. The maximum atomic E-state index is 15.1. The fourth-order valence-corrected chi connectivity index (χ4v) is 5.96. The van der Waals surface area contributed by atoms with Crippen LogP contribution in [0.3, 0.4) is 0 Å². The van der Waals surface area contributed by atoms with Crippen LogP contribution < -0.4 is 5.32 Å². The fourth-order valence-electron chi connectivity index (χ4n) is 5.96. The maximum Gasteiger partial charge on any atom is 0.317 e. The molecular weight excluding hydrogens is 503 g/mol. The van der Waals surface area contributed by atoms with E-state index in [0.717, 1.165) is 0 Å². The van der Waals surface area contributed by atoms with E-state index in [2.05, 4.69) is 34.2 Å². The summed E-state index contributed by atoms with van der Waals surface area (Å²) in [6.07, 6.45) is -0.249. The van der Waals surface area contributed by atoms with Crippen molar-refractivity contribution in [2.75, 3.05) is 33.3 Å². The molecule has 0 aromatic carbocycles. The number of carbonyl (C=O) groups is 1. The van der Waals surface area contributed by atoms with Crippen molar-refractivity contribution in [1.29, 1.82) is 0 Å². The average Bonchev–Trinajstić information content (AvgIpc) is 3.24. The van der Waals surface area contributed by atoms with Gasteiger partial charge in [0.25, 0.3) is 5.92 Å².